The van der Waals surface area contributed by atoms with Gasteiger partial charge in [0.25, 0.3) is 0 Å². The first-order valence-corrected chi connectivity index (χ1v) is 7.38. The van der Waals surface area contributed by atoms with Gasteiger partial charge in [-0.05, 0) is 26.9 Å². The SMILES string of the molecule is CCCCCCCCCC(CCC)N(C)C. The molecule has 0 aliphatic heterocycles. The molecule has 0 saturated carbocycles. The Morgan fingerprint density at radius 2 is 1.25 bits per heavy atom. The lowest BCUT2D eigenvalue weighted by Gasteiger charge is -2.23. The van der Waals surface area contributed by atoms with E-state index < -0.39 is 0 Å². The van der Waals surface area contributed by atoms with Crippen molar-refractivity contribution in [2.45, 2.75) is 84.1 Å². The van der Waals surface area contributed by atoms with Crippen molar-refractivity contribution in [2.24, 2.45) is 0 Å². The minimum Gasteiger partial charge on any atom is -0.306 e. The fourth-order valence-electron chi connectivity index (χ4n) is 2.33. The molecule has 0 spiro atoms. The van der Waals surface area contributed by atoms with Crippen LogP contribution in [0.1, 0.15) is 78.1 Å². The van der Waals surface area contributed by atoms with E-state index in [4.69, 9.17) is 0 Å². The van der Waals surface area contributed by atoms with Gasteiger partial charge in [-0.15, -0.1) is 0 Å². The summed E-state index contributed by atoms with van der Waals surface area (Å²) >= 11 is 0. The fourth-order valence-corrected chi connectivity index (χ4v) is 2.33. The lowest BCUT2D eigenvalue weighted by molar-refractivity contribution is 0.256. The monoisotopic (exact) mass is 227 g/mol. The van der Waals surface area contributed by atoms with Crippen LogP contribution in [0, 0.1) is 0 Å². The van der Waals surface area contributed by atoms with Crippen molar-refractivity contribution in [1.82, 2.24) is 4.90 Å². The van der Waals surface area contributed by atoms with Crippen molar-refractivity contribution >= 4 is 0 Å². The van der Waals surface area contributed by atoms with Crippen LogP contribution < -0.4 is 0 Å². The Balaban J connectivity index is 3.33. The summed E-state index contributed by atoms with van der Waals surface area (Å²) in [7, 11) is 4.45. The van der Waals surface area contributed by atoms with Crippen molar-refractivity contribution in [1.29, 1.82) is 0 Å². The topological polar surface area (TPSA) is 3.24 Å². The van der Waals surface area contributed by atoms with Crippen LogP contribution in [0.2, 0.25) is 0 Å². The second kappa shape index (κ2) is 11.4. The molecule has 0 radical (unpaired) electrons. The van der Waals surface area contributed by atoms with E-state index in [1.165, 1.54) is 64.2 Å². The Kier molecular flexibility index (Phi) is 11.4. The third kappa shape index (κ3) is 9.21. The van der Waals surface area contributed by atoms with Crippen molar-refractivity contribution in [2.75, 3.05) is 14.1 Å². The van der Waals surface area contributed by atoms with Crippen LogP contribution in [0.4, 0.5) is 0 Å². The van der Waals surface area contributed by atoms with Gasteiger partial charge in [0.2, 0.25) is 0 Å². The third-order valence-electron chi connectivity index (χ3n) is 3.49. The van der Waals surface area contributed by atoms with Gasteiger partial charge in [0.15, 0.2) is 0 Å². The van der Waals surface area contributed by atoms with Gasteiger partial charge in [0.1, 0.15) is 0 Å². The van der Waals surface area contributed by atoms with Gasteiger partial charge in [-0.25, -0.2) is 0 Å². The molecule has 0 aromatic carbocycles. The molecule has 1 atom stereocenters. The molecule has 1 unspecified atom stereocenters. The molecule has 0 fully saturated rings. The van der Waals surface area contributed by atoms with E-state index >= 15 is 0 Å². The molecule has 0 rings (SSSR count). The number of hydrogen-bond donors (Lipinski definition) is 0. The Hall–Kier alpha value is -0.0400. The summed E-state index contributed by atoms with van der Waals surface area (Å²) in [4.78, 5) is 2.40. The standard InChI is InChI=1S/C15H33N/c1-5-7-8-9-10-11-12-14-15(13-6-2)16(3)4/h15H,5-14H2,1-4H3. The second-order valence-corrected chi connectivity index (χ2v) is 5.32. The zero-order valence-electron chi connectivity index (χ0n) is 12.1. The highest BCUT2D eigenvalue weighted by molar-refractivity contribution is 4.65. The summed E-state index contributed by atoms with van der Waals surface area (Å²) < 4.78 is 0. The first kappa shape index (κ1) is 16.0. The summed E-state index contributed by atoms with van der Waals surface area (Å²) in [6.45, 7) is 4.58. The molecule has 0 aromatic heterocycles. The Bertz CT molecular complexity index is 131. The van der Waals surface area contributed by atoms with Crippen LogP contribution >= 0.6 is 0 Å². The van der Waals surface area contributed by atoms with Crippen molar-refractivity contribution in [3.8, 4) is 0 Å². The van der Waals surface area contributed by atoms with E-state index in [-0.39, 0.29) is 0 Å². The smallest absolute Gasteiger partial charge is 0.00890 e. The lowest BCUT2D eigenvalue weighted by Crippen LogP contribution is -2.27. The van der Waals surface area contributed by atoms with Gasteiger partial charge in [-0.3, -0.25) is 0 Å². The molecule has 0 aromatic rings. The Labute approximate surface area is 104 Å². The highest BCUT2D eigenvalue weighted by Gasteiger charge is 2.08. The molecule has 0 heterocycles. The quantitative estimate of drug-likeness (QED) is 0.456. The van der Waals surface area contributed by atoms with Gasteiger partial charge in [0.05, 0.1) is 0 Å². The predicted molar refractivity (Wildman–Crippen MR) is 75.0 cm³/mol. The molecule has 0 aliphatic rings. The summed E-state index contributed by atoms with van der Waals surface area (Å²) in [5.41, 5.74) is 0. The van der Waals surface area contributed by atoms with Crippen molar-refractivity contribution in [3.63, 3.8) is 0 Å². The molecule has 16 heavy (non-hydrogen) atoms. The number of rotatable bonds is 11. The summed E-state index contributed by atoms with van der Waals surface area (Å²) in [6.07, 6.45) is 14.1. The molecule has 0 N–H and O–H groups in total. The van der Waals surface area contributed by atoms with E-state index in [1.54, 1.807) is 0 Å². The average molecular weight is 227 g/mol. The molecule has 1 heteroatoms. The van der Waals surface area contributed by atoms with Crippen LogP contribution in [0.5, 0.6) is 0 Å². The maximum absolute atomic E-state index is 2.40. The molecule has 98 valence electrons. The zero-order valence-corrected chi connectivity index (χ0v) is 12.1. The molecule has 1 nitrogen and oxygen atoms in total. The molecule has 0 amide bonds. The van der Waals surface area contributed by atoms with E-state index in [2.05, 4.69) is 32.8 Å². The summed E-state index contributed by atoms with van der Waals surface area (Å²) in [5, 5.41) is 0. The lowest BCUT2D eigenvalue weighted by atomic mass is 10.0. The van der Waals surface area contributed by atoms with Crippen molar-refractivity contribution in [3.05, 3.63) is 0 Å². The number of nitrogens with zero attached hydrogens (tertiary/aromatic N) is 1. The van der Waals surface area contributed by atoms with E-state index in [0.29, 0.717) is 0 Å². The largest absolute Gasteiger partial charge is 0.306 e. The van der Waals surface area contributed by atoms with Gasteiger partial charge in [-0.2, -0.15) is 0 Å². The van der Waals surface area contributed by atoms with Gasteiger partial charge >= 0.3 is 0 Å². The van der Waals surface area contributed by atoms with E-state index in [9.17, 15) is 0 Å². The highest BCUT2D eigenvalue weighted by atomic mass is 15.1. The third-order valence-corrected chi connectivity index (χ3v) is 3.49. The maximum atomic E-state index is 2.40. The van der Waals surface area contributed by atoms with Crippen LogP contribution in [-0.4, -0.2) is 25.0 Å². The average Bonchev–Trinajstić information content (AvgIpc) is 2.26. The summed E-state index contributed by atoms with van der Waals surface area (Å²) in [6, 6.07) is 0.820. The summed E-state index contributed by atoms with van der Waals surface area (Å²) in [5.74, 6) is 0. The first-order chi connectivity index (χ1) is 7.72. The molecule has 0 aliphatic carbocycles. The van der Waals surface area contributed by atoms with Crippen LogP contribution in [-0.2, 0) is 0 Å². The predicted octanol–water partition coefficient (Wildman–Crippen LogP) is 4.86. The molecular formula is C15H33N. The van der Waals surface area contributed by atoms with Gasteiger partial charge < -0.3 is 4.90 Å². The van der Waals surface area contributed by atoms with E-state index in [0.717, 1.165) is 6.04 Å². The first-order valence-electron chi connectivity index (χ1n) is 7.38. The molecule has 0 saturated heterocycles. The number of hydrogen-bond acceptors (Lipinski definition) is 1. The molecule has 0 bridgehead atoms. The van der Waals surface area contributed by atoms with E-state index in [1.807, 2.05) is 0 Å². The van der Waals surface area contributed by atoms with Crippen LogP contribution in [0.25, 0.3) is 0 Å². The van der Waals surface area contributed by atoms with Crippen LogP contribution in [0.15, 0.2) is 0 Å². The Morgan fingerprint density at radius 1 is 0.688 bits per heavy atom. The maximum Gasteiger partial charge on any atom is 0.00890 e. The fraction of sp³-hybridized carbons (Fsp3) is 1.00. The number of unbranched alkanes of at least 4 members (excludes halogenated alkanes) is 6. The minimum absolute atomic E-state index is 0.820. The van der Waals surface area contributed by atoms with Gasteiger partial charge in [-0.1, -0.05) is 65.2 Å². The minimum atomic E-state index is 0.820. The molecular weight excluding hydrogens is 194 g/mol. The Morgan fingerprint density at radius 3 is 1.75 bits per heavy atom. The highest BCUT2D eigenvalue weighted by Crippen LogP contribution is 2.14. The zero-order chi connectivity index (χ0) is 12.2. The second-order valence-electron chi connectivity index (χ2n) is 5.32. The normalized spacial score (nSPS) is 13.3. The van der Waals surface area contributed by atoms with Crippen LogP contribution in [0.3, 0.4) is 0 Å². The van der Waals surface area contributed by atoms with Crippen molar-refractivity contribution < 1.29 is 0 Å². The van der Waals surface area contributed by atoms with Gasteiger partial charge in [0, 0.05) is 6.04 Å².